The standard InChI is InChI=1S/C21H27N3O2/c1-2-9-24-12-17-16(19-5-7-21(17,13-24)26-19)11-23-20(25)15-4-3-14-6-8-22-18(14)10-15/h3-4,6,8,10,16-17,19,22H,2,5,7,9,11-13H2,1H3,(H,23,25)/t16-,17+,19+,21+/m0/s1. The Morgan fingerprint density at radius 3 is 3.23 bits per heavy atom. The Morgan fingerprint density at radius 2 is 2.35 bits per heavy atom. The molecule has 0 aliphatic carbocycles. The van der Waals surface area contributed by atoms with E-state index in [0.717, 1.165) is 49.1 Å². The number of carbonyl (C=O) groups is 1. The van der Waals surface area contributed by atoms with Crippen molar-refractivity contribution in [2.75, 3.05) is 26.2 Å². The van der Waals surface area contributed by atoms with Crippen LogP contribution in [-0.2, 0) is 4.74 Å². The number of rotatable bonds is 5. The first-order chi connectivity index (χ1) is 12.7. The summed E-state index contributed by atoms with van der Waals surface area (Å²) in [6.07, 6.45) is 5.76. The van der Waals surface area contributed by atoms with E-state index in [0.29, 0.717) is 17.9 Å². The Kier molecular flexibility index (Phi) is 3.83. The number of likely N-dealkylation sites (tertiary alicyclic amines) is 1. The number of hydrogen-bond acceptors (Lipinski definition) is 3. The zero-order valence-electron chi connectivity index (χ0n) is 15.3. The van der Waals surface area contributed by atoms with Gasteiger partial charge in [0.15, 0.2) is 0 Å². The van der Waals surface area contributed by atoms with E-state index in [1.165, 1.54) is 12.8 Å². The molecule has 5 heteroatoms. The van der Waals surface area contributed by atoms with E-state index < -0.39 is 0 Å². The Labute approximate surface area is 154 Å². The average molecular weight is 353 g/mol. The molecule has 26 heavy (non-hydrogen) atoms. The van der Waals surface area contributed by atoms with Gasteiger partial charge in [-0.15, -0.1) is 0 Å². The topological polar surface area (TPSA) is 57.4 Å². The molecule has 4 heterocycles. The maximum atomic E-state index is 12.7. The molecule has 4 atom stereocenters. The number of benzene rings is 1. The zero-order valence-corrected chi connectivity index (χ0v) is 15.3. The molecular formula is C21H27N3O2. The summed E-state index contributed by atoms with van der Waals surface area (Å²) in [6, 6.07) is 7.85. The van der Waals surface area contributed by atoms with Gasteiger partial charge < -0.3 is 19.9 Å². The molecular weight excluding hydrogens is 326 g/mol. The van der Waals surface area contributed by atoms with E-state index in [9.17, 15) is 4.79 Å². The smallest absolute Gasteiger partial charge is 0.251 e. The largest absolute Gasteiger partial charge is 0.370 e. The summed E-state index contributed by atoms with van der Waals surface area (Å²) in [5, 5.41) is 4.32. The number of carbonyl (C=O) groups excluding carboxylic acids is 1. The quantitative estimate of drug-likeness (QED) is 0.869. The summed E-state index contributed by atoms with van der Waals surface area (Å²) < 4.78 is 6.46. The van der Waals surface area contributed by atoms with Crippen LogP contribution in [0.4, 0.5) is 0 Å². The molecule has 2 N–H and O–H groups in total. The molecule has 3 aliphatic rings. The lowest BCUT2D eigenvalue weighted by molar-refractivity contribution is 0.00279. The molecule has 5 nitrogen and oxygen atoms in total. The van der Waals surface area contributed by atoms with Crippen molar-refractivity contribution in [2.45, 2.75) is 37.9 Å². The van der Waals surface area contributed by atoms with Crippen LogP contribution < -0.4 is 5.32 Å². The van der Waals surface area contributed by atoms with Gasteiger partial charge in [0.05, 0.1) is 11.7 Å². The SMILES string of the molecule is CCCN1C[C@@H]2[C@H](CNC(=O)c3ccc4cc[nH]c4c3)[C@H]3CC[C@]2(C1)O3. The van der Waals surface area contributed by atoms with Gasteiger partial charge in [-0.2, -0.15) is 0 Å². The molecule has 2 aromatic rings. The third-order valence-corrected chi connectivity index (χ3v) is 6.71. The van der Waals surface area contributed by atoms with Crippen molar-refractivity contribution in [3.05, 3.63) is 36.0 Å². The van der Waals surface area contributed by atoms with E-state index in [2.05, 4.69) is 22.1 Å². The van der Waals surface area contributed by atoms with Gasteiger partial charge in [-0.25, -0.2) is 0 Å². The van der Waals surface area contributed by atoms with Gasteiger partial charge >= 0.3 is 0 Å². The number of H-pyrrole nitrogens is 1. The van der Waals surface area contributed by atoms with Gasteiger partial charge in [0.2, 0.25) is 0 Å². The van der Waals surface area contributed by atoms with E-state index in [4.69, 9.17) is 4.74 Å². The van der Waals surface area contributed by atoms with Crippen molar-refractivity contribution < 1.29 is 9.53 Å². The number of aromatic amines is 1. The van der Waals surface area contributed by atoms with Crippen molar-refractivity contribution in [2.24, 2.45) is 11.8 Å². The number of ether oxygens (including phenoxy) is 1. The highest BCUT2D eigenvalue weighted by molar-refractivity contribution is 5.97. The number of hydrogen-bond donors (Lipinski definition) is 2. The monoisotopic (exact) mass is 353 g/mol. The number of amides is 1. The van der Waals surface area contributed by atoms with Gasteiger partial charge in [-0.05, 0) is 49.4 Å². The predicted octanol–water partition coefficient (Wildman–Crippen LogP) is 2.79. The minimum atomic E-state index is 0.0155. The van der Waals surface area contributed by atoms with Crippen LogP contribution in [0.15, 0.2) is 30.5 Å². The summed E-state index contributed by atoms with van der Waals surface area (Å²) >= 11 is 0. The summed E-state index contributed by atoms with van der Waals surface area (Å²) in [5.41, 5.74) is 1.79. The maximum Gasteiger partial charge on any atom is 0.251 e. The summed E-state index contributed by atoms with van der Waals surface area (Å²) in [6.45, 7) is 6.32. The number of aromatic nitrogens is 1. The fourth-order valence-corrected chi connectivity index (χ4v) is 5.55. The van der Waals surface area contributed by atoms with Crippen molar-refractivity contribution >= 4 is 16.8 Å². The van der Waals surface area contributed by atoms with Crippen molar-refractivity contribution in [3.8, 4) is 0 Å². The first-order valence-corrected chi connectivity index (χ1v) is 9.94. The van der Waals surface area contributed by atoms with Gasteiger partial charge in [-0.3, -0.25) is 4.79 Å². The summed E-state index contributed by atoms with van der Waals surface area (Å²) in [4.78, 5) is 18.4. The van der Waals surface area contributed by atoms with Gasteiger partial charge in [0.25, 0.3) is 5.91 Å². The molecule has 1 spiro atoms. The average Bonchev–Trinajstić information content (AvgIpc) is 3.38. The molecule has 3 aliphatic heterocycles. The third-order valence-electron chi connectivity index (χ3n) is 6.71. The number of nitrogens with zero attached hydrogens (tertiary/aromatic N) is 1. The lowest BCUT2D eigenvalue weighted by atomic mass is 9.73. The van der Waals surface area contributed by atoms with E-state index >= 15 is 0 Å². The zero-order chi connectivity index (χ0) is 17.7. The molecule has 3 saturated heterocycles. The molecule has 3 fully saturated rings. The summed E-state index contributed by atoms with van der Waals surface area (Å²) in [7, 11) is 0. The highest BCUT2D eigenvalue weighted by atomic mass is 16.5. The van der Waals surface area contributed by atoms with E-state index in [1.807, 2.05) is 30.5 Å². The minimum absolute atomic E-state index is 0.0155. The fourth-order valence-electron chi connectivity index (χ4n) is 5.55. The molecule has 0 unspecified atom stereocenters. The Bertz CT molecular complexity index is 832. The first-order valence-electron chi connectivity index (χ1n) is 9.94. The van der Waals surface area contributed by atoms with Crippen LogP contribution in [0, 0.1) is 11.8 Å². The molecule has 2 bridgehead atoms. The Morgan fingerprint density at radius 1 is 1.42 bits per heavy atom. The normalized spacial score (nSPS) is 33.0. The highest BCUT2D eigenvalue weighted by Gasteiger charge is 2.62. The maximum absolute atomic E-state index is 12.7. The molecule has 1 amide bonds. The first kappa shape index (κ1) is 16.3. The minimum Gasteiger partial charge on any atom is -0.370 e. The van der Waals surface area contributed by atoms with Gasteiger partial charge in [-0.1, -0.05) is 13.0 Å². The van der Waals surface area contributed by atoms with Crippen LogP contribution in [0.2, 0.25) is 0 Å². The van der Waals surface area contributed by atoms with Crippen LogP contribution in [0.1, 0.15) is 36.5 Å². The van der Waals surface area contributed by atoms with E-state index in [-0.39, 0.29) is 11.5 Å². The second kappa shape index (κ2) is 6.10. The van der Waals surface area contributed by atoms with Crippen LogP contribution in [0.25, 0.3) is 10.9 Å². The third kappa shape index (κ3) is 2.48. The Hall–Kier alpha value is -1.85. The number of nitrogens with one attached hydrogen (secondary N) is 2. The van der Waals surface area contributed by atoms with Crippen molar-refractivity contribution in [1.29, 1.82) is 0 Å². The van der Waals surface area contributed by atoms with Crippen molar-refractivity contribution in [3.63, 3.8) is 0 Å². The van der Waals surface area contributed by atoms with Crippen LogP contribution >= 0.6 is 0 Å². The van der Waals surface area contributed by atoms with Gasteiger partial charge in [0, 0.05) is 48.7 Å². The highest BCUT2D eigenvalue weighted by Crippen LogP contribution is 2.54. The second-order valence-corrected chi connectivity index (χ2v) is 8.25. The lowest BCUT2D eigenvalue weighted by Gasteiger charge is -2.29. The van der Waals surface area contributed by atoms with Crippen LogP contribution in [-0.4, -0.2) is 53.7 Å². The summed E-state index contributed by atoms with van der Waals surface area (Å²) in [5.74, 6) is 1.03. The van der Waals surface area contributed by atoms with Crippen LogP contribution in [0.5, 0.6) is 0 Å². The van der Waals surface area contributed by atoms with Gasteiger partial charge in [0.1, 0.15) is 0 Å². The molecule has 138 valence electrons. The Balaban J connectivity index is 1.27. The van der Waals surface area contributed by atoms with Crippen molar-refractivity contribution in [1.82, 2.24) is 15.2 Å². The van der Waals surface area contributed by atoms with Crippen LogP contribution in [0.3, 0.4) is 0 Å². The second-order valence-electron chi connectivity index (χ2n) is 8.25. The number of fused-ring (bicyclic) bond motifs is 2. The predicted molar refractivity (Wildman–Crippen MR) is 101 cm³/mol. The molecule has 0 radical (unpaired) electrons. The fraction of sp³-hybridized carbons (Fsp3) is 0.571. The lowest BCUT2D eigenvalue weighted by Crippen LogP contribution is -2.41. The molecule has 1 aromatic carbocycles. The molecule has 5 rings (SSSR count). The molecule has 0 saturated carbocycles. The molecule has 1 aromatic heterocycles. The van der Waals surface area contributed by atoms with E-state index in [1.54, 1.807) is 0 Å².